The molecule has 120 valence electrons. The number of hydrazine groups is 1. The van der Waals surface area contributed by atoms with Crippen LogP contribution in [0.1, 0.15) is 20.7 Å². The van der Waals surface area contributed by atoms with Crippen LogP contribution in [0.15, 0.2) is 54.7 Å². The van der Waals surface area contributed by atoms with Crippen molar-refractivity contribution in [1.29, 1.82) is 0 Å². The molecule has 1 heterocycles. The number of hydrogen-bond donors (Lipinski definition) is 2. The van der Waals surface area contributed by atoms with Gasteiger partial charge in [0.25, 0.3) is 17.5 Å². The van der Waals surface area contributed by atoms with Gasteiger partial charge in [-0.05, 0) is 12.1 Å². The Labute approximate surface area is 135 Å². The summed E-state index contributed by atoms with van der Waals surface area (Å²) in [5.41, 5.74) is 2.32. The molecule has 0 aliphatic rings. The van der Waals surface area contributed by atoms with Gasteiger partial charge >= 0.3 is 0 Å². The predicted octanol–water partition coefficient (Wildman–Crippen LogP) is 1.84. The van der Waals surface area contributed by atoms with Gasteiger partial charge in [-0.15, -0.1) is 0 Å². The average molecular weight is 324 g/mol. The zero-order valence-corrected chi connectivity index (χ0v) is 12.3. The van der Waals surface area contributed by atoms with Crippen molar-refractivity contribution in [2.75, 3.05) is 0 Å². The first kappa shape index (κ1) is 15.4. The number of amides is 1. The second-order valence-electron chi connectivity index (χ2n) is 4.98. The van der Waals surface area contributed by atoms with Crippen LogP contribution in [0.5, 0.6) is 0 Å². The number of hydrogen-bond acceptors (Lipinski definition) is 5. The molecule has 3 aromatic rings. The number of carbonyl (C=O) groups excluding carboxylic acids is 2. The molecule has 0 unspecified atom stereocenters. The van der Waals surface area contributed by atoms with Crippen molar-refractivity contribution in [1.82, 2.24) is 9.99 Å². The lowest BCUT2D eigenvalue weighted by molar-refractivity contribution is -0.385. The van der Waals surface area contributed by atoms with Crippen LogP contribution >= 0.6 is 0 Å². The standard InChI is InChI=1S/C16H12N4O4/c17-18-15(21)12-9-19(13-7-3-1-5-10(12)13)16(22)11-6-2-4-8-14(11)20(23)24/h1-9H,17H2,(H,18,21). The number of rotatable bonds is 3. The fourth-order valence-electron chi connectivity index (χ4n) is 2.55. The Morgan fingerprint density at radius 3 is 2.42 bits per heavy atom. The lowest BCUT2D eigenvalue weighted by Crippen LogP contribution is -2.29. The summed E-state index contributed by atoms with van der Waals surface area (Å²) in [4.78, 5) is 35.2. The summed E-state index contributed by atoms with van der Waals surface area (Å²) in [5, 5.41) is 11.7. The average Bonchev–Trinajstić information content (AvgIpc) is 3.00. The second kappa shape index (κ2) is 5.94. The zero-order chi connectivity index (χ0) is 17.3. The summed E-state index contributed by atoms with van der Waals surface area (Å²) < 4.78 is 1.21. The van der Waals surface area contributed by atoms with Gasteiger partial charge in [0.2, 0.25) is 0 Å². The van der Waals surface area contributed by atoms with E-state index in [4.69, 9.17) is 5.84 Å². The molecule has 0 aliphatic carbocycles. The Balaban J connectivity index is 2.22. The third-order valence-electron chi connectivity index (χ3n) is 3.64. The summed E-state index contributed by atoms with van der Waals surface area (Å²) in [6.07, 6.45) is 1.33. The van der Waals surface area contributed by atoms with Gasteiger partial charge in [-0.25, -0.2) is 5.84 Å². The maximum absolute atomic E-state index is 12.8. The van der Waals surface area contributed by atoms with E-state index in [0.717, 1.165) is 0 Å². The third kappa shape index (κ3) is 2.40. The molecular weight excluding hydrogens is 312 g/mol. The Bertz CT molecular complexity index is 977. The molecular formula is C16H12N4O4. The van der Waals surface area contributed by atoms with Crippen molar-refractivity contribution in [3.05, 3.63) is 76.0 Å². The fraction of sp³-hybridized carbons (Fsp3) is 0. The van der Waals surface area contributed by atoms with Crippen molar-refractivity contribution in [3.8, 4) is 0 Å². The van der Waals surface area contributed by atoms with Crippen LogP contribution in [-0.4, -0.2) is 21.3 Å². The van der Waals surface area contributed by atoms with E-state index < -0.39 is 16.7 Å². The maximum atomic E-state index is 12.8. The molecule has 0 fully saturated rings. The Morgan fingerprint density at radius 1 is 1.04 bits per heavy atom. The van der Waals surface area contributed by atoms with Gasteiger partial charge < -0.3 is 0 Å². The molecule has 2 aromatic carbocycles. The SMILES string of the molecule is NNC(=O)c1cn(C(=O)c2ccccc2[N+](=O)[O-])c2ccccc12. The van der Waals surface area contributed by atoms with Crippen LogP contribution in [0.3, 0.4) is 0 Å². The minimum absolute atomic E-state index is 0.0667. The van der Waals surface area contributed by atoms with E-state index in [1.54, 1.807) is 30.3 Å². The van der Waals surface area contributed by atoms with E-state index in [1.165, 1.54) is 29.0 Å². The minimum Gasteiger partial charge on any atom is -0.290 e. The third-order valence-corrected chi connectivity index (χ3v) is 3.64. The second-order valence-corrected chi connectivity index (χ2v) is 4.98. The highest BCUT2D eigenvalue weighted by atomic mass is 16.6. The first-order valence-corrected chi connectivity index (χ1v) is 6.93. The molecule has 1 amide bonds. The molecule has 8 heteroatoms. The number of benzene rings is 2. The van der Waals surface area contributed by atoms with Crippen molar-refractivity contribution < 1.29 is 14.5 Å². The van der Waals surface area contributed by atoms with Crippen molar-refractivity contribution in [2.45, 2.75) is 0 Å². The largest absolute Gasteiger partial charge is 0.290 e. The van der Waals surface area contributed by atoms with E-state index in [0.29, 0.717) is 10.9 Å². The number of nitrogens with zero attached hydrogens (tertiary/aromatic N) is 2. The summed E-state index contributed by atoms with van der Waals surface area (Å²) in [6.45, 7) is 0. The first-order valence-electron chi connectivity index (χ1n) is 6.93. The van der Waals surface area contributed by atoms with Crippen LogP contribution in [0, 0.1) is 10.1 Å². The smallest absolute Gasteiger partial charge is 0.282 e. The normalized spacial score (nSPS) is 10.5. The molecule has 3 N–H and O–H groups in total. The molecule has 8 nitrogen and oxygen atoms in total. The zero-order valence-electron chi connectivity index (χ0n) is 12.3. The number of nitro benzene ring substituents is 1. The van der Waals surface area contributed by atoms with Crippen LogP contribution in [0.25, 0.3) is 10.9 Å². The van der Waals surface area contributed by atoms with E-state index >= 15 is 0 Å². The highest BCUT2D eigenvalue weighted by Gasteiger charge is 2.24. The highest BCUT2D eigenvalue weighted by molar-refractivity contribution is 6.12. The number of fused-ring (bicyclic) bond motifs is 1. The number of para-hydroxylation sites is 2. The quantitative estimate of drug-likeness (QED) is 0.329. The van der Waals surface area contributed by atoms with Gasteiger partial charge in [-0.2, -0.15) is 0 Å². The molecule has 0 aliphatic heterocycles. The van der Waals surface area contributed by atoms with Crippen LogP contribution in [0.4, 0.5) is 5.69 Å². The number of nitrogen functional groups attached to an aromatic ring is 1. The molecule has 0 saturated heterocycles. The lowest BCUT2D eigenvalue weighted by Gasteiger charge is -2.04. The van der Waals surface area contributed by atoms with Crippen molar-refractivity contribution in [3.63, 3.8) is 0 Å². The van der Waals surface area contributed by atoms with Crippen LogP contribution < -0.4 is 11.3 Å². The number of nitrogens with two attached hydrogens (primary N) is 1. The number of nitrogens with one attached hydrogen (secondary N) is 1. The topological polar surface area (TPSA) is 120 Å². The number of carbonyl (C=O) groups is 2. The van der Waals surface area contributed by atoms with E-state index in [1.807, 2.05) is 5.43 Å². The summed E-state index contributed by atoms with van der Waals surface area (Å²) >= 11 is 0. The van der Waals surface area contributed by atoms with Crippen LogP contribution in [-0.2, 0) is 0 Å². The first-order chi connectivity index (χ1) is 11.5. The molecule has 3 rings (SSSR count). The molecule has 0 atom stereocenters. The molecule has 0 radical (unpaired) electrons. The highest BCUT2D eigenvalue weighted by Crippen LogP contribution is 2.25. The Hall–Kier alpha value is -3.52. The molecule has 1 aromatic heterocycles. The van der Waals surface area contributed by atoms with Gasteiger partial charge in [-0.1, -0.05) is 30.3 Å². The molecule has 24 heavy (non-hydrogen) atoms. The van der Waals surface area contributed by atoms with Gasteiger partial charge in [0.1, 0.15) is 5.56 Å². The van der Waals surface area contributed by atoms with Crippen molar-refractivity contribution >= 4 is 28.4 Å². The van der Waals surface area contributed by atoms with Gasteiger partial charge in [-0.3, -0.25) is 29.7 Å². The fourth-order valence-corrected chi connectivity index (χ4v) is 2.55. The minimum atomic E-state index is -0.619. The Morgan fingerprint density at radius 2 is 1.71 bits per heavy atom. The van der Waals surface area contributed by atoms with E-state index in [9.17, 15) is 19.7 Å². The predicted molar refractivity (Wildman–Crippen MR) is 86.4 cm³/mol. The summed E-state index contributed by atoms with van der Waals surface area (Å²) in [7, 11) is 0. The van der Waals surface area contributed by atoms with Crippen LogP contribution in [0.2, 0.25) is 0 Å². The summed E-state index contributed by atoms with van der Waals surface area (Å²) in [5.74, 6) is 4.01. The van der Waals surface area contributed by atoms with Crippen molar-refractivity contribution in [2.24, 2.45) is 5.84 Å². The number of nitro groups is 1. The van der Waals surface area contributed by atoms with Gasteiger partial charge in [0, 0.05) is 17.6 Å². The van der Waals surface area contributed by atoms with Gasteiger partial charge in [0.15, 0.2) is 0 Å². The summed E-state index contributed by atoms with van der Waals surface area (Å²) in [6, 6.07) is 12.4. The lowest BCUT2D eigenvalue weighted by atomic mass is 10.1. The van der Waals surface area contributed by atoms with E-state index in [-0.39, 0.29) is 16.8 Å². The molecule has 0 bridgehead atoms. The monoisotopic (exact) mass is 324 g/mol. The van der Waals surface area contributed by atoms with Gasteiger partial charge in [0.05, 0.1) is 16.0 Å². The molecule has 0 spiro atoms. The Kier molecular flexibility index (Phi) is 3.80. The van der Waals surface area contributed by atoms with E-state index in [2.05, 4.69) is 0 Å². The molecule has 0 saturated carbocycles. The number of aromatic nitrogens is 1. The maximum Gasteiger partial charge on any atom is 0.282 e.